The van der Waals surface area contributed by atoms with Crippen LogP contribution < -0.4 is 10.6 Å². The molecule has 0 radical (unpaired) electrons. The summed E-state index contributed by atoms with van der Waals surface area (Å²) < 4.78 is 14.0. The van der Waals surface area contributed by atoms with E-state index in [-0.39, 0.29) is 5.82 Å². The first-order chi connectivity index (χ1) is 8.54. The van der Waals surface area contributed by atoms with E-state index >= 15 is 0 Å². The van der Waals surface area contributed by atoms with Crippen LogP contribution in [0.3, 0.4) is 0 Å². The second-order valence-electron chi connectivity index (χ2n) is 3.93. The Morgan fingerprint density at radius 1 is 1.33 bits per heavy atom. The number of aromatic nitrogens is 2. The summed E-state index contributed by atoms with van der Waals surface area (Å²) in [7, 11) is 3.84. The fourth-order valence-corrected chi connectivity index (χ4v) is 3.04. The monoisotopic (exact) mass is 284 g/mol. The lowest BCUT2D eigenvalue weighted by Crippen LogP contribution is -2.07. The Kier molecular flexibility index (Phi) is 4.03. The van der Waals surface area contributed by atoms with Crippen molar-refractivity contribution in [3.8, 4) is 0 Å². The van der Waals surface area contributed by atoms with Crippen LogP contribution in [0.25, 0.3) is 0 Å². The zero-order valence-electron chi connectivity index (χ0n) is 10.1. The smallest absolute Gasteiger partial charge is 0.208 e. The van der Waals surface area contributed by atoms with Crippen molar-refractivity contribution in [3.63, 3.8) is 0 Å². The van der Waals surface area contributed by atoms with E-state index in [9.17, 15) is 4.39 Å². The molecule has 96 valence electrons. The first-order valence-corrected chi connectivity index (χ1v) is 7.03. The number of nitrogens with zero attached hydrogens (tertiary/aromatic N) is 3. The molecule has 0 saturated heterocycles. The van der Waals surface area contributed by atoms with Crippen LogP contribution in [0, 0.1) is 5.82 Å². The van der Waals surface area contributed by atoms with E-state index in [2.05, 4.69) is 10.2 Å². The molecule has 0 aliphatic carbocycles. The van der Waals surface area contributed by atoms with Gasteiger partial charge in [-0.05, 0) is 23.8 Å². The Bertz CT molecular complexity index is 521. The van der Waals surface area contributed by atoms with Crippen LogP contribution in [0.1, 0.15) is 5.56 Å². The SMILES string of the molecule is CN(C)c1nnc(SCc2cc(N)cc(F)c2)s1. The molecule has 0 aliphatic heterocycles. The van der Waals surface area contributed by atoms with Gasteiger partial charge in [0.05, 0.1) is 0 Å². The lowest BCUT2D eigenvalue weighted by Gasteiger charge is -2.04. The van der Waals surface area contributed by atoms with Crippen molar-refractivity contribution in [2.45, 2.75) is 10.1 Å². The van der Waals surface area contributed by atoms with E-state index in [1.807, 2.05) is 19.0 Å². The van der Waals surface area contributed by atoms with Gasteiger partial charge < -0.3 is 10.6 Å². The van der Waals surface area contributed by atoms with E-state index in [1.165, 1.54) is 35.2 Å². The normalized spacial score (nSPS) is 10.6. The number of nitrogens with two attached hydrogens (primary N) is 1. The van der Waals surface area contributed by atoms with Gasteiger partial charge in [-0.25, -0.2) is 4.39 Å². The van der Waals surface area contributed by atoms with Gasteiger partial charge in [-0.3, -0.25) is 0 Å². The van der Waals surface area contributed by atoms with E-state index in [4.69, 9.17) is 5.73 Å². The van der Waals surface area contributed by atoms with Crippen molar-refractivity contribution >= 4 is 33.9 Å². The molecule has 18 heavy (non-hydrogen) atoms. The summed E-state index contributed by atoms with van der Waals surface area (Å²) in [6.07, 6.45) is 0. The summed E-state index contributed by atoms with van der Waals surface area (Å²) in [6.45, 7) is 0. The number of halogens is 1. The maximum atomic E-state index is 13.1. The molecular formula is C11H13FN4S2. The van der Waals surface area contributed by atoms with Crippen molar-refractivity contribution in [1.29, 1.82) is 0 Å². The molecule has 2 N–H and O–H groups in total. The molecule has 0 aliphatic rings. The predicted octanol–water partition coefficient (Wildman–Crippen LogP) is 2.62. The molecule has 1 aromatic carbocycles. The Morgan fingerprint density at radius 3 is 2.72 bits per heavy atom. The zero-order chi connectivity index (χ0) is 13.1. The Morgan fingerprint density at radius 2 is 2.11 bits per heavy atom. The number of hydrogen-bond acceptors (Lipinski definition) is 6. The maximum Gasteiger partial charge on any atom is 0.208 e. The second-order valence-corrected chi connectivity index (χ2v) is 6.10. The molecule has 0 amide bonds. The number of anilines is 2. The number of hydrogen-bond donors (Lipinski definition) is 1. The van der Waals surface area contributed by atoms with Crippen molar-refractivity contribution < 1.29 is 4.39 Å². The molecule has 2 rings (SSSR count). The fourth-order valence-electron chi connectivity index (χ4n) is 1.35. The molecule has 1 heterocycles. The van der Waals surface area contributed by atoms with E-state index in [0.717, 1.165) is 15.0 Å². The molecule has 2 aromatic rings. The Hall–Kier alpha value is -1.34. The molecule has 0 bridgehead atoms. The molecule has 0 fully saturated rings. The van der Waals surface area contributed by atoms with Crippen molar-refractivity contribution in [3.05, 3.63) is 29.6 Å². The van der Waals surface area contributed by atoms with Gasteiger partial charge in [0.2, 0.25) is 5.13 Å². The number of benzene rings is 1. The number of rotatable bonds is 4. The van der Waals surface area contributed by atoms with Gasteiger partial charge in [0.25, 0.3) is 0 Å². The third-order valence-corrected chi connectivity index (χ3v) is 4.42. The lowest BCUT2D eigenvalue weighted by atomic mass is 10.2. The lowest BCUT2D eigenvalue weighted by molar-refractivity contribution is 0.627. The summed E-state index contributed by atoms with van der Waals surface area (Å²) in [5, 5.41) is 8.96. The van der Waals surface area contributed by atoms with Gasteiger partial charge in [-0.2, -0.15) is 0 Å². The molecule has 1 aromatic heterocycles. The Labute approximate surface area is 113 Å². The summed E-state index contributed by atoms with van der Waals surface area (Å²) in [4.78, 5) is 1.90. The minimum atomic E-state index is -0.308. The van der Waals surface area contributed by atoms with Crippen LogP contribution in [-0.2, 0) is 5.75 Å². The van der Waals surface area contributed by atoms with Crippen LogP contribution in [-0.4, -0.2) is 24.3 Å². The van der Waals surface area contributed by atoms with Gasteiger partial charge in [0.1, 0.15) is 5.82 Å². The molecular weight excluding hydrogens is 271 g/mol. The maximum absolute atomic E-state index is 13.1. The summed E-state index contributed by atoms with van der Waals surface area (Å²) >= 11 is 3.04. The number of thioether (sulfide) groups is 1. The van der Waals surface area contributed by atoms with Crippen LogP contribution in [0.15, 0.2) is 22.5 Å². The molecule has 0 atom stereocenters. The van der Waals surface area contributed by atoms with Gasteiger partial charge in [-0.1, -0.05) is 23.1 Å². The minimum Gasteiger partial charge on any atom is -0.399 e. The van der Waals surface area contributed by atoms with Gasteiger partial charge in [-0.15, -0.1) is 10.2 Å². The van der Waals surface area contributed by atoms with Crippen molar-refractivity contribution in [2.75, 3.05) is 24.7 Å². The first-order valence-electron chi connectivity index (χ1n) is 5.23. The third kappa shape index (κ3) is 3.33. The van der Waals surface area contributed by atoms with Crippen LogP contribution in [0.5, 0.6) is 0 Å². The largest absolute Gasteiger partial charge is 0.399 e. The van der Waals surface area contributed by atoms with E-state index in [0.29, 0.717) is 11.4 Å². The summed E-state index contributed by atoms with van der Waals surface area (Å²) in [5.41, 5.74) is 6.88. The van der Waals surface area contributed by atoms with Crippen LogP contribution in [0.4, 0.5) is 15.2 Å². The summed E-state index contributed by atoms with van der Waals surface area (Å²) in [6, 6.07) is 4.56. The summed E-state index contributed by atoms with van der Waals surface area (Å²) in [5.74, 6) is 0.321. The highest BCUT2D eigenvalue weighted by Crippen LogP contribution is 2.29. The molecule has 0 saturated carbocycles. The number of nitrogen functional groups attached to an aromatic ring is 1. The molecule has 4 nitrogen and oxygen atoms in total. The second kappa shape index (κ2) is 5.53. The molecule has 0 spiro atoms. The van der Waals surface area contributed by atoms with Crippen molar-refractivity contribution in [2.24, 2.45) is 0 Å². The van der Waals surface area contributed by atoms with E-state index < -0.39 is 0 Å². The van der Waals surface area contributed by atoms with Crippen LogP contribution >= 0.6 is 23.1 Å². The third-order valence-electron chi connectivity index (χ3n) is 2.12. The van der Waals surface area contributed by atoms with Gasteiger partial charge >= 0.3 is 0 Å². The van der Waals surface area contributed by atoms with Gasteiger partial charge in [0.15, 0.2) is 4.34 Å². The fraction of sp³-hybridized carbons (Fsp3) is 0.273. The average Bonchev–Trinajstić information content (AvgIpc) is 2.73. The van der Waals surface area contributed by atoms with Gasteiger partial charge in [0, 0.05) is 25.5 Å². The molecule has 0 unspecified atom stereocenters. The predicted molar refractivity (Wildman–Crippen MR) is 74.6 cm³/mol. The zero-order valence-corrected chi connectivity index (χ0v) is 11.7. The highest BCUT2D eigenvalue weighted by atomic mass is 32.2. The highest BCUT2D eigenvalue weighted by Gasteiger charge is 2.07. The topological polar surface area (TPSA) is 55.0 Å². The van der Waals surface area contributed by atoms with Crippen LogP contribution in [0.2, 0.25) is 0 Å². The van der Waals surface area contributed by atoms with E-state index in [1.54, 1.807) is 6.07 Å². The quantitative estimate of drug-likeness (QED) is 0.691. The first kappa shape index (κ1) is 13.1. The standard InChI is InChI=1S/C11H13FN4S2/c1-16(2)10-14-15-11(18-10)17-6-7-3-8(12)5-9(13)4-7/h3-5H,6,13H2,1-2H3. The highest BCUT2D eigenvalue weighted by molar-refractivity contribution is 8.00. The minimum absolute atomic E-state index is 0.308. The Balaban J connectivity index is 2.02. The molecule has 7 heteroatoms. The van der Waals surface area contributed by atoms with Crippen molar-refractivity contribution in [1.82, 2.24) is 10.2 Å². The average molecular weight is 284 g/mol.